The van der Waals surface area contributed by atoms with E-state index >= 15 is 0 Å². The van der Waals surface area contributed by atoms with E-state index in [2.05, 4.69) is 17.9 Å². The monoisotopic (exact) mass is 255 g/mol. The maximum atomic E-state index is 5.98. The molecule has 0 spiro atoms. The van der Waals surface area contributed by atoms with Crippen molar-refractivity contribution in [2.24, 2.45) is 10.7 Å². The van der Waals surface area contributed by atoms with Gasteiger partial charge in [0.25, 0.3) is 0 Å². The van der Waals surface area contributed by atoms with Crippen molar-refractivity contribution in [3.8, 4) is 0 Å². The van der Waals surface area contributed by atoms with Gasteiger partial charge in [-0.3, -0.25) is 0 Å². The van der Waals surface area contributed by atoms with E-state index in [0.717, 1.165) is 37.7 Å². The van der Waals surface area contributed by atoms with E-state index in [0.29, 0.717) is 11.3 Å². The summed E-state index contributed by atoms with van der Waals surface area (Å²) >= 11 is 1.85. The van der Waals surface area contributed by atoms with E-state index in [9.17, 15) is 0 Å². The molecule has 2 aliphatic rings. The van der Waals surface area contributed by atoms with Gasteiger partial charge in [-0.25, -0.2) is 4.99 Å². The van der Waals surface area contributed by atoms with Gasteiger partial charge in [0.05, 0.1) is 17.6 Å². The summed E-state index contributed by atoms with van der Waals surface area (Å²) < 4.78 is 5.13. The highest BCUT2D eigenvalue weighted by Crippen LogP contribution is 2.37. The van der Waals surface area contributed by atoms with Crippen molar-refractivity contribution in [3.63, 3.8) is 0 Å². The number of ether oxygens (including phenoxy) is 1. The molecule has 96 valence electrons. The molecule has 0 radical (unpaired) electrons. The number of aliphatic imine (C=N–C) groups is 1. The Morgan fingerprint density at radius 3 is 3.18 bits per heavy atom. The fourth-order valence-corrected chi connectivity index (χ4v) is 3.52. The van der Waals surface area contributed by atoms with Gasteiger partial charge in [-0.05, 0) is 19.8 Å². The lowest BCUT2D eigenvalue weighted by Gasteiger charge is -2.23. The van der Waals surface area contributed by atoms with Crippen LogP contribution in [0.5, 0.6) is 0 Å². The SMILES string of the molecule is CCN(CCOC)C1=NC2=CCC(N)CC2S1. The first kappa shape index (κ1) is 12.9. The Kier molecular flexibility index (Phi) is 4.48. The van der Waals surface area contributed by atoms with Gasteiger partial charge < -0.3 is 15.4 Å². The van der Waals surface area contributed by atoms with Gasteiger partial charge in [-0.1, -0.05) is 17.8 Å². The number of likely N-dealkylation sites (N-methyl/N-ethyl adjacent to an activating group) is 1. The molecule has 17 heavy (non-hydrogen) atoms. The maximum absolute atomic E-state index is 5.98. The first-order valence-corrected chi connectivity index (χ1v) is 7.07. The minimum absolute atomic E-state index is 0.305. The molecule has 5 heteroatoms. The van der Waals surface area contributed by atoms with Gasteiger partial charge >= 0.3 is 0 Å². The summed E-state index contributed by atoms with van der Waals surface area (Å²) in [6.07, 6.45) is 4.21. The lowest BCUT2D eigenvalue weighted by molar-refractivity contribution is 0.178. The van der Waals surface area contributed by atoms with Crippen LogP contribution in [0.4, 0.5) is 0 Å². The lowest BCUT2D eigenvalue weighted by atomic mass is 10.00. The zero-order valence-electron chi connectivity index (χ0n) is 10.6. The number of rotatable bonds is 4. The zero-order chi connectivity index (χ0) is 12.3. The van der Waals surface area contributed by atoms with Crippen molar-refractivity contribution in [1.29, 1.82) is 0 Å². The van der Waals surface area contributed by atoms with Crippen LogP contribution in [0.1, 0.15) is 19.8 Å². The van der Waals surface area contributed by atoms with Crippen LogP contribution in [0.15, 0.2) is 16.8 Å². The molecule has 0 bridgehead atoms. The van der Waals surface area contributed by atoms with Crippen molar-refractivity contribution in [3.05, 3.63) is 11.8 Å². The van der Waals surface area contributed by atoms with Gasteiger partial charge in [0.1, 0.15) is 0 Å². The molecule has 4 nitrogen and oxygen atoms in total. The van der Waals surface area contributed by atoms with E-state index in [-0.39, 0.29) is 0 Å². The molecule has 0 saturated carbocycles. The second-order valence-corrected chi connectivity index (χ2v) is 5.60. The quantitative estimate of drug-likeness (QED) is 0.825. The Balaban J connectivity index is 1.99. The third-order valence-corrected chi connectivity index (χ3v) is 4.45. The topological polar surface area (TPSA) is 50.8 Å². The van der Waals surface area contributed by atoms with Crippen LogP contribution < -0.4 is 5.73 Å². The summed E-state index contributed by atoms with van der Waals surface area (Å²) in [7, 11) is 1.73. The third kappa shape index (κ3) is 3.03. The maximum Gasteiger partial charge on any atom is 0.164 e. The summed E-state index contributed by atoms with van der Waals surface area (Å²) in [6, 6.07) is 0.305. The molecule has 0 aromatic heterocycles. The van der Waals surface area contributed by atoms with Crippen LogP contribution >= 0.6 is 11.8 Å². The number of amidine groups is 1. The molecule has 2 N–H and O–H groups in total. The highest BCUT2D eigenvalue weighted by molar-refractivity contribution is 8.14. The van der Waals surface area contributed by atoms with E-state index in [1.807, 2.05) is 11.8 Å². The molecule has 0 saturated heterocycles. The Hall–Kier alpha value is -0.520. The molecule has 2 unspecified atom stereocenters. The van der Waals surface area contributed by atoms with Crippen LogP contribution in [-0.2, 0) is 4.74 Å². The zero-order valence-corrected chi connectivity index (χ0v) is 11.4. The predicted octanol–water partition coefficient (Wildman–Crippen LogP) is 1.43. The summed E-state index contributed by atoms with van der Waals surface area (Å²) in [5.41, 5.74) is 7.21. The molecule has 1 heterocycles. The van der Waals surface area contributed by atoms with Gasteiger partial charge in [0.2, 0.25) is 0 Å². The second kappa shape index (κ2) is 5.89. The highest BCUT2D eigenvalue weighted by Gasteiger charge is 2.31. The Morgan fingerprint density at radius 2 is 2.47 bits per heavy atom. The van der Waals surface area contributed by atoms with Crippen LogP contribution in [0.25, 0.3) is 0 Å². The molecule has 0 aromatic rings. The molecule has 2 rings (SSSR count). The minimum atomic E-state index is 0.305. The summed E-state index contributed by atoms with van der Waals surface area (Å²) in [5, 5.41) is 1.61. The number of nitrogens with two attached hydrogens (primary N) is 1. The van der Waals surface area contributed by atoms with E-state index in [1.165, 1.54) is 5.70 Å². The van der Waals surface area contributed by atoms with Crippen molar-refractivity contribution in [2.75, 3.05) is 26.8 Å². The molecule has 1 aliphatic heterocycles. The average molecular weight is 255 g/mol. The number of nitrogens with zero attached hydrogens (tertiary/aromatic N) is 2. The second-order valence-electron chi connectivity index (χ2n) is 4.43. The normalized spacial score (nSPS) is 27.5. The van der Waals surface area contributed by atoms with Gasteiger partial charge in [-0.15, -0.1) is 0 Å². The Labute approximate surface area is 107 Å². The largest absolute Gasteiger partial charge is 0.383 e. The molecule has 0 aromatic carbocycles. The molecular formula is C12H21N3OS. The van der Waals surface area contributed by atoms with Crippen LogP contribution in [0, 0.1) is 0 Å². The number of fused-ring (bicyclic) bond motifs is 1. The first-order valence-electron chi connectivity index (χ1n) is 6.19. The molecule has 0 amide bonds. The van der Waals surface area contributed by atoms with Crippen LogP contribution in [-0.4, -0.2) is 48.2 Å². The fourth-order valence-electron chi connectivity index (χ4n) is 2.12. The van der Waals surface area contributed by atoms with Crippen molar-refractivity contribution < 1.29 is 4.74 Å². The fraction of sp³-hybridized carbons (Fsp3) is 0.750. The lowest BCUT2D eigenvalue weighted by Crippen LogP contribution is -2.32. The Morgan fingerprint density at radius 1 is 1.65 bits per heavy atom. The van der Waals surface area contributed by atoms with Crippen LogP contribution in [0.2, 0.25) is 0 Å². The predicted molar refractivity (Wildman–Crippen MR) is 73.2 cm³/mol. The molecule has 1 aliphatic carbocycles. The summed E-state index contributed by atoms with van der Waals surface area (Å²) in [6.45, 7) is 4.78. The smallest absolute Gasteiger partial charge is 0.164 e. The van der Waals surface area contributed by atoms with Crippen molar-refractivity contribution >= 4 is 16.9 Å². The minimum Gasteiger partial charge on any atom is -0.383 e. The molecule has 2 atom stereocenters. The number of thioether (sulfide) groups is 1. The number of hydrogen-bond acceptors (Lipinski definition) is 5. The Bertz CT molecular complexity index is 330. The molecular weight excluding hydrogens is 234 g/mol. The van der Waals surface area contributed by atoms with E-state index < -0.39 is 0 Å². The number of methoxy groups -OCH3 is 1. The van der Waals surface area contributed by atoms with E-state index in [1.54, 1.807) is 7.11 Å². The van der Waals surface area contributed by atoms with Crippen molar-refractivity contribution in [1.82, 2.24) is 4.90 Å². The first-order chi connectivity index (χ1) is 8.24. The highest BCUT2D eigenvalue weighted by atomic mass is 32.2. The van der Waals surface area contributed by atoms with E-state index in [4.69, 9.17) is 15.5 Å². The van der Waals surface area contributed by atoms with Crippen molar-refractivity contribution in [2.45, 2.75) is 31.1 Å². The summed E-state index contributed by atoms with van der Waals surface area (Å²) in [4.78, 5) is 7.00. The van der Waals surface area contributed by atoms with Crippen LogP contribution in [0.3, 0.4) is 0 Å². The van der Waals surface area contributed by atoms with Gasteiger partial charge in [0, 0.05) is 26.2 Å². The van der Waals surface area contributed by atoms with Gasteiger partial charge in [0.15, 0.2) is 5.17 Å². The number of hydrogen-bond donors (Lipinski definition) is 1. The standard InChI is InChI=1S/C12H21N3OS/c1-3-15(6-7-16-2)12-14-10-5-4-9(13)8-11(10)17-12/h5,9,11H,3-4,6-8,13H2,1-2H3. The molecule has 0 fully saturated rings. The third-order valence-electron chi connectivity index (χ3n) is 3.17. The average Bonchev–Trinajstić information content (AvgIpc) is 2.72. The summed E-state index contributed by atoms with van der Waals surface area (Å²) in [5.74, 6) is 0. The van der Waals surface area contributed by atoms with Gasteiger partial charge in [-0.2, -0.15) is 0 Å².